The molecule has 2 heteroatoms. The zero-order valence-electron chi connectivity index (χ0n) is 21.3. The average Bonchev–Trinajstić information content (AvgIpc) is 2.75. The van der Waals surface area contributed by atoms with Gasteiger partial charge in [-0.05, 0) is 117 Å². The Morgan fingerprint density at radius 3 is 2.26 bits per heavy atom. The summed E-state index contributed by atoms with van der Waals surface area (Å²) in [4.78, 5) is 0. The summed E-state index contributed by atoms with van der Waals surface area (Å²) in [7, 11) is 0. The minimum absolute atomic E-state index is 0.0720. The van der Waals surface area contributed by atoms with E-state index in [-0.39, 0.29) is 6.10 Å². The monoisotopic (exact) mass is 432 g/mol. The molecule has 0 saturated heterocycles. The van der Waals surface area contributed by atoms with E-state index in [2.05, 4.69) is 34.3 Å². The molecule has 2 nitrogen and oxygen atoms in total. The predicted octanol–water partition coefficient (Wildman–Crippen LogP) is 7.24. The second-order valence-corrected chi connectivity index (χ2v) is 12.3. The minimum atomic E-state index is -0.0720. The molecule has 10 unspecified atom stereocenters. The molecule has 0 aliphatic heterocycles. The van der Waals surface area contributed by atoms with Crippen LogP contribution in [0.15, 0.2) is 12.7 Å². The molecule has 180 valence electrons. The van der Waals surface area contributed by atoms with Gasteiger partial charge in [0.15, 0.2) is 0 Å². The second kappa shape index (κ2) is 10.3. The van der Waals surface area contributed by atoms with Crippen LogP contribution in [0.1, 0.15) is 105 Å². The predicted molar refractivity (Wildman–Crippen MR) is 132 cm³/mol. The van der Waals surface area contributed by atoms with Gasteiger partial charge in [0.05, 0.1) is 6.10 Å². The highest BCUT2D eigenvalue weighted by molar-refractivity contribution is 5.11. The van der Waals surface area contributed by atoms with E-state index in [9.17, 15) is 10.2 Å². The third-order valence-corrected chi connectivity index (χ3v) is 10.9. The molecule has 4 rings (SSSR count). The molecule has 0 spiro atoms. The number of fused-ring (bicyclic) bond motifs is 5. The van der Waals surface area contributed by atoms with E-state index in [1.807, 2.05) is 6.92 Å². The molecule has 0 amide bonds. The van der Waals surface area contributed by atoms with Gasteiger partial charge in [0.1, 0.15) is 0 Å². The van der Waals surface area contributed by atoms with Crippen LogP contribution < -0.4 is 0 Å². The molecule has 0 heterocycles. The Kier molecular flexibility index (Phi) is 8.39. The molecule has 0 bridgehead atoms. The number of rotatable bonds is 4. The Balaban J connectivity index is 0.000000858. The van der Waals surface area contributed by atoms with E-state index >= 15 is 0 Å². The van der Waals surface area contributed by atoms with E-state index in [0.717, 1.165) is 36.0 Å². The van der Waals surface area contributed by atoms with Crippen LogP contribution in [0.25, 0.3) is 0 Å². The summed E-state index contributed by atoms with van der Waals surface area (Å²) in [5, 5.41) is 20.6. The van der Waals surface area contributed by atoms with Crippen LogP contribution in [0.2, 0.25) is 0 Å². The van der Waals surface area contributed by atoms with E-state index in [1.165, 1.54) is 64.2 Å². The number of hydrogen-bond donors (Lipinski definition) is 2. The van der Waals surface area contributed by atoms with Gasteiger partial charge < -0.3 is 10.2 Å². The molecule has 0 aromatic rings. The van der Waals surface area contributed by atoms with Gasteiger partial charge in [0.2, 0.25) is 0 Å². The minimum Gasteiger partial charge on any atom is -0.396 e. The summed E-state index contributed by atoms with van der Waals surface area (Å²) in [6.07, 6.45) is 16.0. The van der Waals surface area contributed by atoms with Crippen molar-refractivity contribution in [2.24, 2.45) is 52.3 Å². The van der Waals surface area contributed by atoms with Crippen molar-refractivity contribution in [1.82, 2.24) is 0 Å². The first-order chi connectivity index (χ1) is 14.8. The summed E-state index contributed by atoms with van der Waals surface area (Å²) in [6, 6.07) is 0. The molecule has 31 heavy (non-hydrogen) atoms. The zero-order chi connectivity index (χ0) is 22.8. The van der Waals surface area contributed by atoms with Crippen LogP contribution >= 0.6 is 0 Å². The highest BCUT2D eigenvalue weighted by Gasteiger charge is 2.62. The second-order valence-electron chi connectivity index (χ2n) is 12.3. The lowest BCUT2D eigenvalue weighted by Gasteiger charge is -2.67. The van der Waals surface area contributed by atoms with Crippen LogP contribution in [-0.2, 0) is 0 Å². The van der Waals surface area contributed by atoms with Crippen molar-refractivity contribution in [1.29, 1.82) is 0 Å². The summed E-state index contributed by atoms with van der Waals surface area (Å²) in [6.45, 7) is 15.6. The van der Waals surface area contributed by atoms with Crippen LogP contribution in [0.4, 0.5) is 0 Å². The highest BCUT2D eigenvalue weighted by atomic mass is 16.3. The number of allylic oxidation sites excluding steroid dienone is 1. The van der Waals surface area contributed by atoms with Crippen molar-refractivity contribution in [2.45, 2.75) is 111 Å². The van der Waals surface area contributed by atoms with Gasteiger partial charge in [-0.25, -0.2) is 0 Å². The normalized spacial score (nSPS) is 49.0. The Morgan fingerprint density at radius 2 is 1.61 bits per heavy atom. The third kappa shape index (κ3) is 4.42. The Bertz CT molecular complexity index is 587. The Labute approximate surface area is 193 Å². The molecular weight excluding hydrogens is 380 g/mol. The van der Waals surface area contributed by atoms with Gasteiger partial charge in [0, 0.05) is 6.61 Å². The van der Waals surface area contributed by atoms with Crippen molar-refractivity contribution >= 4 is 0 Å². The lowest BCUT2D eigenvalue weighted by molar-refractivity contribution is -0.191. The van der Waals surface area contributed by atoms with E-state index in [1.54, 1.807) is 6.08 Å². The van der Waals surface area contributed by atoms with Crippen LogP contribution in [0.5, 0.6) is 0 Å². The van der Waals surface area contributed by atoms with Gasteiger partial charge in [-0.3, -0.25) is 0 Å². The third-order valence-electron chi connectivity index (χ3n) is 10.9. The average molecular weight is 433 g/mol. The van der Waals surface area contributed by atoms with Crippen molar-refractivity contribution in [2.75, 3.05) is 6.61 Å². The molecule has 0 aromatic carbocycles. The van der Waals surface area contributed by atoms with Crippen molar-refractivity contribution in [3.05, 3.63) is 12.7 Å². The molecule has 0 aromatic heterocycles. The van der Waals surface area contributed by atoms with Crippen molar-refractivity contribution in [3.63, 3.8) is 0 Å². The maximum atomic E-state index is 10.5. The fourth-order valence-corrected chi connectivity index (χ4v) is 9.48. The van der Waals surface area contributed by atoms with Crippen molar-refractivity contribution < 1.29 is 10.2 Å². The van der Waals surface area contributed by atoms with Crippen LogP contribution in [0.3, 0.4) is 0 Å². The first kappa shape index (κ1) is 25.3. The molecule has 4 aliphatic carbocycles. The van der Waals surface area contributed by atoms with E-state index < -0.39 is 0 Å². The highest BCUT2D eigenvalue weighted by Crippen LogP contribution is 2.69. The molecule has 4 fully saturated rings. The van der Waals surface area contributed by atoms with Crippen LogP contribution in [-0.4, -0.2) is 22.9 Å². The zero-order valence-corrected chi connectivity index (χ0v) is 21.3. The lowest BCUT2D eigenvalue weighted by Crippen LogP contribution is -2.60. The quantitative estimate of drug-likeness (QED) is 0.459. The fraction of sp³-hybridized carbons (Fsp3) is 0.931. The number of aliphatic hydroxyl groups excluding tert-OH is 2. The van der Waals surface area contributed by atoms with Gasteiger partial charge >= 0.3 is 0 Å². The van der Waals surface area contributed by atoms with Gasteiger partial charge in [-0.15, -0.1) is 6.58 Å². The molecular formula is C29H52O2. The van der Waals surface area contributed by atoms with E-state index in [0.29, 0.717) is 29.3 Å². The smallest absolute Gasteiger partial charge is 0.0568 e. The Hall–Kier alpha value is -0.340. The van der Waals surface area contributed by atoms with Gasteiger partial charge in [-0.1, -0.05) is 46.6 Å². The van der Waals surface area contributed by atoms with E-state index in [4.69, 9.17) is 0 Å². The molecule has 0 radical (unpaired) electrons. The maximum Gasteiger partial charge on any atom is 0.0568 e. The summed E-state index contributed by atoms with van der Waals surface area (Å²) >= 11 is 0. The molecule has 10 atom stereocenters. The molecule has 4 aliphatic rings. The van der Waals surface area contributed by atoms with Crippen LogP contribution in [0, 0.1) is 52.3 Å². The first-order valence-corrected chi connectivity index (χ1v) is 13.6. The molecule has 4 saturated carbocycles. The summed E-state index contributed by atoms with van der Waals surface area (Å²) < 4.78 is 0. The SMILES string of the molecule is C=CC.CCCCC1C(CO)CCC2C1CCC1C3(C)CCC(O)C(C)C3CCC21C. The fourth-order valence-electron chi connectivity index (χ4n) is 9.48. The van der Waals surface area contributed by atoms with Gasteiger partial charge in [0.25, 0.3) is 0 Å². The topological polar surface area (TPSA) is 40.5 Å². The standard InChI is InChI=1S/C26H46O2.C3H6/c1-5-6-7-19-18(16-27)8-10-22-20(19)9-11-24-25(3)15-13-23(28)17(2)21(25)12-14-26(22,24)4;1-3-2/h17-24,27-28H,5-16H2,1-4H3;3H,1H2,2H3. The summed E-state index contributed by atoms with van der Waals surface area (Å²) in [5.74, 6) is 5.08. The number of hydrogen-bond acceptors (Lipinski definition) is 2. The summed E-state index contributed by atoms with van der Waals surface area (Å²) in [5.41, 5.74) is 0.921. The number of unbranched alkanes of at least 4 members (excludes halogenated alkanes) is 1. The maximum absolute atomic E-state index is 10.5. The first-order valence-electron chi connectivity index (χ1n) is 13.6. The lowest BCUT2D eigenvalue weighted by atomic mass is 9.38. The number of aliphatic hydroxyl groups is 2. The largest absolute Gasteiger partial charge is 0.396 e. The van der Waals surface area contributed by atoms with Gasteiger partial charge in [-0.2, -0.15) is 0 Å². The molecule has 2 N–H and O–H groups in total. The van der Waals surface area contributed by atoms with Crippen molar-refractivity contribution in [3.8, 4) is 0 Å². The Morgan fingerprint density at radius 1 is 0.968 bits per heavy atom.